The summed E-state index contributed by atoms with van der Waals surface area (Å²) >= 11 is 6.00. The van der Waals surface area contributed by atoms with Crippen molar-refractivity contribution in [3.63, 3.8) is 0 Å². The molecule has 1 aromatic rings. The lowest BCUT2D eigenvalue weighted by Gasteiger charge is -2.13. The number of amides is 1. The van der Waals surface area contributed by atoms with E-state index in [4.69, 9.17) is 21.1 Å². The lowest BCUT2D eigenvalue weighted by atomic mass is 10.2. The van der Waals surface area contributed by atoms with Crippen LogP contribution in [0.25, 0.3) is 0 Å². The van der Waals surface area contributed by atoms with E-state index in [1.54, 1.807) is 18.2 Å². The molecule has 0 aromatic heterocycles. The average Bonchev–Trinajstić information content (AvgIpc) is 2.45. The van der Waals surface area contributed by atoms with Gasteiger partial charge in [0.1, 0.15) is 11.5 Å². The Morgan fingerprint density at radius 3 is 2.65 bits per heavy atom. The first kappa shape index (κ1) is 16.3. The Morgan fingerprint density at radius 2 is 2.05 bits per heavy atom. The number of rotatable bonds is 8. The summed E-state index contributed by atoms with van der Waals surface area (Å²) in [6.07, 6.45) is 2.09. The number of hydrogen-bond donors (Lipinski definition) is 2. The van der Waals surface area contributed by atoms with Gasteiger partial charge in [-0.2, -0.15) is 0 Å². The van der Waals surface area contributed by atoms with Gasteiger partial charge in [0, 0.05) is 31.6 Å². The third kappa shape index (κ3) is 4.75. The van der Waals surface area contributed by atoms with Crippen molar-refractivity contribution >= 4 is 23.2 Å². The van der Waals surface area contributed by atoms with Gasteiger partial charge in [-0.1, -0.05) is 17.7 Å². The van der Waals surface area contributed by atoms with Crippen LogP contribution < -0.4 is 20.1 Å². The van der Waals surface area contributed by atoms with Crippen molar-refractivity contribution in [2.45, 2.75) is 6.42 Å². The molecule has 0 aliphatic carbocycles. The molecular formula is C14H19ClN2O3. The quantitative estimate of drug-likeness (QED) is 0.572. The van der Waals surface area contributed by atoms with E-state index in [0.717, 1.165) is 0 Å². The van der Waals surface area contributed by atoms with E-state index < -0.39 is 0 Å². The van der Waals surface area contributed by atoms with E-state index in [1.165, 1.54) is 14.2 Å². The fraction of sp³-hybridized carbons (Fsp3) is 0.357. The van der Waals surface area contributed by atoms with Crippen LogP contribution in [-0.4, -0.2) is 33.2 Å². The van der Waals surface area contributed by atoms with Gasteiger partial charge >= 0.3 is 0 Å². The SMILES string of the molecule is C=CCNCCC(=O)Nc1cc(OC)c(Cl)cc1OC. The molecule has 0 aliphatic rings. The molecule has 0 saturated heterocycles. The minimum absolute atomic E-state index is 0.121. The van der Waals surface area contributed by atoms with Gasteiger partial charge < -0.3 is 20.1 Å². The Hall–Kier alpha value is -1.72. The van der Waals surface area contributed by atoms with Gasteiger partial charge in [0.25, 0.3) is 0 Å². The van der Waals surface area contributed by atoms with E-state index in [2.05, 4.69) is 17.2 Å². The van der Waals surface area contributed by atoms with Gasteiger partial charge in [0.2, 0.25) is 5.91 Å². The molecule has 2 N–H and O–H groups in total. The Morgan fingerprint density at radius 1 is 1.35 bits per heavy atom. The van der Waals surface area contributed by atoms with Crippen LogP contribution >= 0.6 is 11.6 Å². The number of hydrogen-bond acceptors (Lipinski definition) is 4. The van der Waals surface area contributed by atoms with Crippen LogP contribution in [0.2, 0.25) is 5.02 Å². The Balaban J connectivity index is 2.70. The summed E-state index contributed by atoms with van der Waals surface area (Å²) in [6.45, 7) is 4.84. The van der Waals surface area contributed by atoms with Crippen molar-refractivity contribution in [1.82, 2.24) is 5.32 Å². The van der Waals surface area contributed by atoms with Crippen LogP contribution in [0.4, 0.5) is 5.69 Å². The lowest BCUT2D eigenvalue weighted by Crippen LogP contribution is -2.22. The summed E-state index contributed by atoms with van der Waals surface area (Å²) in [7, 11) is 3.03. The van der Waals surface area contributed by atoms with Gasteiger partial charge in [-0.3, -0.25) is 4.79 Å². The van der Waals surface area contributed by atoms with E-state index in [1.807, 2.05) is 0 Å². The highest BCUT2D eigenvalue weighted by atomic mass is 35.5. The van der Waals surface area contributed by atoms with Gasteiger partial charge in [-0.25, -0.2) is 0 Å². The van der Waals surface area contributed by atoms with E-state index in [9.17, 15) is 4.79 Å². The predicted molar refractivity (Wildman–Crippen MR) is 80.9 cm³/mol. The summed E-state index contributed by atoms with van der Waals surface area (Å²) in [6, 6.07) is 3.24. The third-order valence-electron chi connectivity index (χ3n) is 2.57. The summed E-state index contributed by atoms with van der Waals surface area (Å²) in [4.78, 5) is 11.8. The summed E-state index contributed by atoms with van der Waals surface area (Å²) < 4.78 is 10.3. The first-order valence-electron chi connectivity index (χ1n) is 6.15. The van der Waals surface area contributed by atoms with E-state index in [0.29, 0.717) is 41.7 Å². The predicted octanol–water partition coefficient (Wildman–Crippen LogP) is 2.46. The van der Waals surface area contributed by atoms with Gasteiger partial charge in [0.15, 0.2) is 0 Å². The molecule has 20 heavy (non-hydrogen) atoms. The molecule has 0 saturated carbocycles. The van der Waals surface area contributed by atoms with Crippen molar-refractivity contribution in [3.8, 4) is 11.5 Å². The molecular weight excluding hydrogens is 280 g/mol. The van der Waals surface area contributed by atoms with Crippen molar-refractivity contribution in [2.75, 3.05) is 32.6 Å². The zero-order valence-electron chi connectivity index (χ0n) is 11.7. The van der Waals surface area contributed by atoms with Crippen molar-refractivity contribution in [2.24, 2.45) is 0 Å². The number of nitrogens with one attached hydrogen (secondary N) is 2. The molecule has 0 unspecified atom stereocenters. The van der Waals surface area contributed by atoms with Gasteiger partial charge in [-0.05, 0) is 0 Å². The summed E-state index contributed by atoms with van der Waals surface area (Å²) in [5.41, 5.74) is 0.530. The van der Waals surface area contributed by atoms with E-state index >= 15 is 0 Å². The Labute approximate surface area is 123 Å². The standard InChI is InChI=1S/C14H19ClN2O3/c1-4-6-16-7-5-14(18)17-11-9-12(19-2)10(15)8-13(11)20-3/h4,8-9,16H,1,5-7H2,2-3H3,(H,17,18). The zero-order chi connectivity index (χ0) is 15.0. The minimum atomic E-state index is -0.121. The molecule has 0 spiro atoms. The second kappa shape index (κ2) is 8.45. The fourth-order valence-electron chi connectivity index (χ4n) is 1.58. The maximum Gasteiger partial charge on any atom is 0.225 e. The monoisotopic (exact) mass is 298 g/mol. The number of ether oxygens (including phenoxy) is 2. The minimum Gasteiger partial charge on any atom is -0.495 e. The number of carbonyl (C=O) groups is 1. The van der Waals surface area contributed by atoms with Crippen LogP contribution in [0.5, 0.6) is 11.5 Å². The first-order chi connectivity index (χ1) is 9.62. The molecule has 1 rings (SSSR count). The van der Waals surface area contributed by atoms with Crippen LogP contribution in [0.1, 0.15) is 6.42 Å². The highest BCUT2D eigenvalue weighted by Gasteiger charge is 2.12. The lowest BCUT2D eigenvalue weighted by molar-refractivity contribution is -0.116. The molecule has 6 heteroatoms. The Kier molecular flexibility index (Phi) is 6.90. The van der Waals surface area contributed by atoms with Crippen LogP contribution in [-0.2, 0) is 4.79 Å². The second-order valence-corrected chi connectivity index (χ2v) is 4.39. The normalized spacial score (nSPS) is 9.95. The largest absolute Gasteiger partial charge is 0.495 e. The number of carbonyl (C=O) groups excluding carboxylic acids is 1. The highest BCUT2D eigenvalue weighted by molar-refractivity contribution is 6.32. The molecule has 1 aromatic carbocycles. The fourth-order valence-corrected chi connectivity index (χ4v) is 1.81. The molecule has 110 valence electrons. The van der Waals surface area contributed by atoms with Crippen molar-refractivity contribution < 1.29 is 14.3 Å². The van der Waals surface area contributed by atoms with Crippen molar-refractivity contribution in [3.05, 3.63) is 29.8 Å². The highest BCUT2D eigenvalue weighted by Crippen LogP contribution is 2.35. The topological polar surface area (TPSA) is 59.6 Å². The van der Waals surface area contributed by atoms with Crippen LogP contribution in [0.15, 0.2) is 24.8 Å². The molecule has 5 nitrogen and oxygen atoms in total. The van der Waals surface area contributed by atoms with Gasteiger partial charge in [-0.15, -0.1) is 6.58 Å². The summed E-state index contributed by atoms with van der Waals surface area (Å²) in [5, 5.41) is 6.25. The molecule has 0 aliphatic heterocycles. The van der Waals surface area contributed by atoms with Gasteiger partial charge in [0.05, 0.1) is 24.9 Å². The molecule has 0 atom stereocenters. The molecule has 0 fully saturated rings. The Bertz CT molecular complexity index is 478. The number of methoxy groups -OCH3 is 2. The maximum atomic E-state index is 11.8. The molecule has 0 radical (unpaired) electrons. The van der Waals surface area contributed by atoms with Crippen molar-refractivity contribution in [1.29, 1.82) is 0 Å². The second-order valence-electron chi connectivity index (χ2n) is 3.98. The molecule has 0 bridgehead atoms. The van der Waals surface area contributed by atoms with Crippen LogP contribution in [0.3, 0.4) is 0 Å². The number of anilines is 1. The third-order valence-corrected chi connectivity index (χ3v) is 2.86. The smallest absolute Gasteiger partial charge is 0.225 e. The number of halogens is 1. The summed E-state index contributed by atoms with van der Waals surface area (Å²) in [5.74, 6) is 0.847. The molecule has 1 amide bonds. The zero-order valence-corrected chi connectivity index (χ0v) is 12.4. The molecule has 0 heterocycles. The maximum absolute atomic E-state index is 11.8. The average molecular weight is 299 g/mol. The first-order valence-corrected chi connectivity index (χ1v) is 6.53. The number of benzene rings is 1. The van der Waals surface area contributed by atoms with Crippen LogP contribution in [0, 0.1) is 0 Å². The van der Waals surface area contributed by atoms with E-state index in [-0.39, 0.29) is 5.91 Å².